The number of halogens is 2. The first-order valence-corrected chi connectivity index (χ1v) is 8.95. The molecule has 0 saturated carbocycles. The van der Waals surface area contributed by atoms with Gasteiger partial charge in [-0.05, 0) is 36.4 Å². The Balaban J connectivity index is 1.47. The van der Waals surface area contributed by atoms with Crippen molar-refractivity contribution in [3.63, 3.8) is 0 Å². The summed E-state index contributed by atoms with van der Waals surface area (Å²) in [5, 5.41) is 3.86. The second kappa shape index (κ2) is 8.49. The predicted octanol–water partition coefficient (Wildman–Crippen LogP) is 2.78. The van der Waals surface area contributed by atoms with E-state index >= 15 is 0 Å². The number of nitrogens with one attached hydrogen (secondary N) is 1. The molecule has 0 spiro atoms. The summed E-state index contributed by atoms with van der Waals surface area (Å²) in [6, 6.07) is 10.2. The van der Waals surface area contributed by atoms with E-state index in [1.807, 2.05) is 4.90 Å². The summed E-state index contributed by atoms with van der Waals surface area (Å²) < 4.78 is 0. The fourth-order valence-corrected chi connectivity index (χ4v) is 2.96. The molecule has 2 amide bonds. The van der Waals surface area contributed by atoms with Gasteiger partial charge in [0.05, 0.1) is 11.6 Å². The second-order valence-corrected chi connectivity index (χ2v) is 6.86. The van der Waals surface area contributed by atoms with Crippen LogP contribution in [0.1, 0.15) is 10.4 Å². The lowest BCUT2D eigenvalue weighted by Crippen LogP contribution is -2.50. The first kappa shape index (κ1) is 18.6. The summed E-state index contributed by atoms with van der Waals surface area (Å²) in [5.74, 6) is 0.310. The Labute approximate surface area is 161 Å². The van der Waals surface area contributed by atoms with Crippen LogP contribution in [0, 0.1) is 0 Å². The number of carbonyl (C=O) groups is 2. The molecule has 6 nitrogen and oxygen atoms in total. The SMILES string of the molecule is O=C(CN1CCN(C(=O)c2ccc(Cl)cc2)CC1)Nc1ccc(Cl)cn1. The Bertz CT molecular complexity index is 773. The molecule has 2 aromatic rings. The van der Waals surface area contributed by atoms with Gasteiger partial charge in [0.15, 0.2) is 0 Å². The molecular weight excluding hydrogens is 375 g/mol. The van der Waals surface area contributed by atoms with Crippen LogP contribution in [0.3, 0.4) is 0 Å². The molecule has 1 fully saturated rings. The lowest BCUT2D eigenvalue weighted by Gasteiger charge is -2.34. The zero-order valence-electron chi connectivity index (χ0n) is 14.0. The number of anilines is 1. The quantitative estimate of drug-likeness (QED) is 0.868. The van der Waals surface area contributed by atoms with E-state index in [0.717, 1.165) is 0 Å². The van der Waals surface area contributed by atoms with Crippen molar-refractivity contribution in [3.8, 4) is 0 Å². The van der Waals surface area contributed by atoms with Gasteiger partial charge in [-0.1, -0.05) is 23.2 Å². The van der Waals surface area contributed by atoms with Gasteiger partial charge in [0.25, 0.3) is 5.91 Å². The number of carbonyl (C=O) groups excluding carboxylic acids is 2. The summed E-state index contributed by atoms with van der Waals surface area (Å²) in [5.41, 5.74) is 0.620. The molecule has 1 N–H and O–H groups in total. The number of benzene rings is 1. The molecular formula is C18H18Cl2N4O2. The number of amides is 2. The Hall–Kier alpha value is -2.15. The van der Waals surface area contributed by atoms with Gasteiger partial charge >= 0.3 is 0 Å². The molecule has 26 heavy (non-hydrogen) atoms. The van der Waals surface area contributed by atoms with E-state index in [1.54, 1.807) is 41.3 Å². The maximum absolute atomic E-state index is 12.5. The first-order valence-electron chi connectivity index (χ1n) is 8.20. The van der Waals surface area contributed by atoms with Crippen LogP contribution in [0.25, 0.3) is 0 Å². The van der Waals surface area contributed by atoms with Crippen LogP contribution in [-0.2, 0) is 4.79 Å². The van der Waals surface area contributed by atoms with Crippen LogP contribution in [0.15, 0.2) is 42.6 Å². The van der Waals surface area contributed by atoms with Crippen molar-refractivity contribution in [1.82, 2.24) is 14.8 Å². The van der Waals surface area contributed by atoms with Crippen LogP contribution in [-0.4, -0.2) is 59.3 Å². The summed E-state index contributed by atoms with van der Waals surface area (Å²) in [6.45, 7) is 2.69. The fourth-order valence-electron chi connectivity index (χ4n) is 2.72. The van der Waals surface area contributed by atoms with Crippen LogP contribution >= 0.6 is 23.2 Å². The van der Waals surface area contributed by atoms with Gasteiger partial charge < -0.3 is 10.2 Å². The molecule has 0 unspecified atom stereocenters. The standard InChI is InChI=1S/C18H18Cl2N4O2/c19-14-3-1-13(2-4-14)18(26)24-9-7-23(8-10-24)12-17(25)22-16-6-5-15(20)11-21-16/h1-6,11H,7-10,12H2,(H,21,22,25). The van der Waals surface area contributed by atoms with Crippen molar-refractivity contribution in [2.45, 2.75) is 0 Å². The van der Waals surface area contributed by atoms with E-state index in [2.05, 4.69) is 10.3 Å². The van der Waals surface area contributed by atoms with E-state index in [-0.39, 0.29) is 18.4 Å². The maximum atomic E-state index is 12.5. The van der Waals surface area contributed by atoms with E-state index in [0.29, 0.717) is 47.6 Å². The smallest absolute Gasteiger partial charge is 0.253 e. The minimum Gasteiger partial charge on any atom is -0.336 e. The third kappa shape index (κ3) is 4.94. The van der Waals surface area contributed by atoms with Crippen molar-refractivity contribution >= 4 is 40.8 Å². The fraction of sp³-hybridized carbons (Fsp3) is 0.278. The normalized spacial score (nSPS) is 14.9. The van der Waals surface area contributed by atoms with Crippen molar-refractivity contribution in [2.75, 3.05) is 38.0 Å². The number of hydrogen-bond donors (Lipinski definition) is 1. The topological polar surface area (TPSA) is 65.5 Å². The molecule has 0 aliphatic carbocycles. The third-order valence-corrected chi connectivity index (χ3v) is 4.59. The Morgan fingerprint density at radius 1 is 0.962 bits per heavy atom. The average molecular weight is 393 g/mol. The molecule has 0 atom stereocenters. The van der Waals surface area contributed by atoms with Crippen LogP contribution in [0.5, 0.6) is 0 Å². The molecule has 1 saturated heterocycles. The summed E-state index contributed by atoms with van der Waals surface area (Å²) in [4.78, 5) is 32.4. The zero-order valence-corrected chi connectivity index (χ0v) is 15.5. The number of nitrogens with zero attached hydrogens (tertiary/aromatic N) is 3. The Morgan fingerprint density at radius 3 is 2.23 bits per heavy atom. The molecule has 136 valence electrons. The van der Waals surface area contributed by atoms with Crippen LogP contribution < -0.4 is 5.32 Å². The molecule has 2 heterocycles. The summed E-state index contributed by atoms with van der Waals surface area (Å²) in [7, 11) is 0. The van der Waals surface area contributed by atoms with Gasteiger partial charge in [-0.3, -0.25) is 14.5 Å². The summed E-state index contributed by atoms with van der Waals surface area (Å²) >= 11 is 11.6. The van der Waals surface area contributed by atoms with E-state index in [4.69, 9.17) is 23.2 Å². The van der Waals surface area contributed by atoms with Gasteiger partial charge in [-0.2, -0.15) is 0 Å². The van der Waals surface area contributed by atoms with Gasteiger partial charge in [0, 0.05) is 43.0 Å². The molecule has 0 radical (unpaired) electrons. The number of hydrogen-bond acceptors (Lipinski definition) is 4. The minimum atomic E-state index is -0.141. The van der Waals surface area contributed by atoms with Gasteiger partial charge in [0.1, 0.15) is 5.82 Å². The monoisotopic (exact) mass is 392 g/mol. The molecule has 1 aromatic carbocycles. The largest absolute Gasteiger partial charge is 0.336 e. The highest BCUT2D eigenvalue weighted by atomic mass is 35.5. The molecule has 1 aliphatic heterocycles. The van der Waals surface area contributed by atoms with Gasteiger partial charge in [0.2, 0.25) is 5.91 Å². The molecule has 0 bridgehead atoms. The van der Waals surface area contributed by atoms with Crippen molar-refractivity contribution in [2.24, 2.45) is 0 Å². The maximum Gasteiger partial charge on any atom is 0.253 e. The lowest BCUT2D eigenvalue weighted by molar-refractivity contribution is -0.117. The van der Waals surface area contributed by atoms with Crippen LogP contribution in [0.4, 0.5) is 5.82 Å². The average Bonchev–Trinajstić information content (AvgIpc) is 2.64. The summed E-state index contributed by atoms with van der Waals surface area (Å²) in [6.07, 6.45) is 1.48. The van der Waals surface area contributed by atoms with E-state index in [9.17, 15) is 9.59 Å². The molecule has 8 heteroatoms. The van der Waals surface area contributed by atoms with E-state index < -0.39 is 0 Å². The highest BCUT2D eigenvalue weighted by molar-refractivity contribution is 6.30. The second-order valence-electron chi connectivity index (χ2n) is 5.99. The van der Waals surface area contributed by atoms with Gasteiger partial charge in [-0.15, -0.1) is 0 Å². The van der Waals surface area contributed by atoms with Crippen molar-refractivity contribution < 1.29 is 9.59 Å². The predicted molar refractivity (Wildman–Crippen MR) is 102 cm³/mol. The third-order valence-electron chi connectivity index (χ3n) is 4.11. The number of pyridine rings is 1. The highest BCUT2D eigenvalue weighted by Gasteiger charge is 2.23. The van der Waals surface area contributed by atoms with Gasteiger partial charge in [-0.25, -0.2) is 4.98 Å². The highest BCUT2D eigenvalue weighted by Crippen LogP contribution is 2.13. The first-order chi connectivity index (χ1) is 12.5. The molecule has 3 rings (SSSR count). The van der Waals surface area contributed by atoms with Crippen molar-refractivity contribution in [1.29, 1.82) is 0 Å². The van der Waals surface area contributed by atoms with Crippen LogP contribution in [0.2, 0.25) is 10.0 Å². The number of rotatable bonds is 4. The molecule has 1 aromatic heterocycles. The Kier molecular flexibility index (Phi) is 6.08. The Morgan fingerprint density at radius 2 is 1.62 bits per heavy atom. The van der Waals surface area contributed by atoms with E-state index in [1.165, 1.54) is 6.20 Å². The van der Waals surface area contributed by atoms with Crippen molar-refractivity contribution in [3.05, 3.63) is 58.2 Å². The number of aromatic nitrogens is 1. The number of piperazine rings is 1. The molecule has 1 aliphatic rings. The lowest BCUT2D eigenvalue weighted by atomic mass is 10.2. The zero-order chi connectivity index (χ0) is 18.5. The minimum absolute atomic E-state index is 0.0175.